The van der Waals surface area contributed by atoms with Crippen LogP contribution in [0.1, 0.15) is 24.7 Å². The maximum atomic E-state index is 5.81. The average Bonchev–Trinajstić information content (AvgIpc) is 2.97. The Bertz CT molecular complexity index is 561. The number of rotatable bonds is 6. The second-order valence-corrected chi connectivity index (χ2v) is 4.58. The quantitative estimate of drug-likeness (QED) is 0.649. The molecule has 0 saturated heterocycles. The van der Waals surface area contributed by atoms with Gasteiger partial charge < -0.3 is 14.7 Å². The first-order valence-corrected chi connectivity index (χ1v) is 6.70. The smallest absolute Gasteiger partial charge is 0.158 e. The van der Waals surface area contributed by atoms with Gasteiger partial charge in [0.2, 0.25) is 0 Å². The van der Waals surface area contributed by atoms with Gasteiger partial charge in [-0.25, -0.2) is 4.98 Å². The standard InChI is InChI=1S/C15H20N4O/c1-4-11-20-13-8-6-5-7-12(13)14(18-19(2)3)15-16-9-10-17-15/h5-10H,4,11H2,1-3H3,(H,16,17)/b18-14-. The number of para-hydroxylation sites is 1. The first-order chi connectivity index (χ1) is 9.72. The summed E-state index contributed by atoms with van der Waals surface area (Å²) >= 11 is 0. The van der Waals surface area contributed by atoms with Crippen molar-refractivity contribution in [3.8, 4) is 5.75 Å². The van der Waals surface area contributed by atoms with Gasteiger partial charge in [0.15, 0.2) is 5.82 Å². The molecule has 0 fully saturated rings. The number of aromatic nitrogens is 2. The van der Waals surface area contributed by atoms with Gasteiger partial charge in [-0.05, 0) is 18.6 Å². The summed E-state index contributed by atoms with van der Waals surface area (Å²) in [6, 6.07) is 7.89. The van der Waals surface area contributed by atoms with Gasteiger partial charge in [0.05, 0.1) is 6.61 Å². The van der Waals surface area contributed by atoms with Gasteiger partial charge in [0.25, 0.3) is 0 Å². The summed E-state index contributed by atoms with van der Waals surface area (Å²) in [7, 11) is 3.77. The molecule has 106 valence electrons. The number of hydrogen-bond donors (Lipinski definition) is 1. The largest absolute Gasteiger partial charge is 0.493 e. The number of hydrazone groups is 1. The lowest BCUT2D eigenvalue weighted by atomic mass is 10.1. The third-order valence-corrected chi connectivity index (χ3v) is 2.63. The Morgan fingerprint density at radius 2 is 2.15 bits per heavy atom. The average molecular weight is 272 g/mol. The van der Waals surface area contributed by atoms with Gasteiger partial charge >= 0.3 is 0 Å². The van der Waals surface area contributed by atoms with E-state index in [1.54, 1.807) is 17.4 Å². The van der Waals surface area contributed by atoms with Gasteiger partial charge in [-0.2, -0.15) is 5.10 Å². The number of imidazole rings is 1. The fourth-order valence-electron chi connectivity index (χ4n) is 1.82. The Labute approximate surface area is 119 Å². The lowest BCUT2D eigenvalue weighted by Gasteiger charge is -2.13. The first-order valence-electron chi connectivity index (χ1n) is 6.70. The lowest BCUT2D eigenvalue weighted by molar-refractivity contribution is 0.316. The minimum atomic E-state index is 0.685. The molecule has 0 spiro atoms. The van der Waals surface area contributed by atoms with E-state index in [4.69, 9.17) is 4.74 Å². The van der Waals surface area contributed by atoms with E-state index in [-0.39, 0.29) is 0 Å². The Morgan fingerprint density at radius 3 is 2.80 bits per heavy atom. The normalized spacial score (nSPS) is 11.4. The second kappa shape index (κ2) is 6.75. The number of benzene rings is 1. The van der Waals surface area contributed by atoms with E-state index in [0.29, 0.717) is 6.61 Å². The maximum Gasteiger partial charge on any atom is 0.158 e. The predicted molar refractivity (Wildman–Crippen MR) is 80.1 cm³/mol. The molecule has 0 atom stereocenters. The predicted octanol–water partition coefficient (Wildman–Crippen LogP) is 2.51. The van der Waals surface area contributed by atoms with Crippen LogP contribution < -0.4 is 4.74 Å². The Morgan fingerprint density at radius 1 is 1.35 bits per heavy atom. The van der Waals surface area contributed by atoms with Crippen LogP contribution in [0, 0.1) is 0 Å². The van der Waals surface area contributed by atoms with E-state index in [9.17, 15) is 0 Å². The van der Waals surface area contributed by atoms with E-state index in [2.05, 4.69) is 22.0 Å². The molecule has 0 bridgehead atoms. The number of aromatic amines is 1. The summed E-state index contributed by atoms with van der Waals surface area (Å²) in [4.78, 5) is 7.40. The topological polar surface area (TPSA) is 53.5 Å². The number of H-pyrrole nitrogens is 1. The maximum absolute atomic E-state index is 5.81. The van der Waals surface area contributed by atoms with Crippen LogP contribution in [-0.2, 0) is 0 Å². The van der Waals surface area contributed by atoms with Crippen molar-refractivity contribution in [2.45, 2.75) is 13.3 Å². The Hall–Kier alpha value is -2.30. The van der Waals surface area contributed by atoms with Crippen molar-refractivity contribution in [2.24, 2.45) is 5.10 Å². The minimum Gasteiger partial charge on any atom is -0.493 e. The molecule has 2 rings (SSSR count). The molecular formula is C15H20N4O. The number of ether oxygens (including phenoxy) is 1. The molecule has 1 heterocycles. The van der Waals surface area contributed by atoms with Crippen LogP contribution in [0.25, 0.3) is 0 Å². The highest BCUT2D eigenvalue weighted by Gasteiger charge is 2.15. The van der Waals surface area contributed by atoms with Crippen LogP contribution in [0.5, 0.6) is 5.75 Å². The summed E-state index contributed by atoms with van der Waals surface area (Å²) in [5.41, 5.74) is 1.70. The van der Waals surface area contributed by atoms with Crippen molar-refractivity contribution >= 4 is 5.71 Å². The lowest BCUT2D eigenvalue weighted by Crippen LogP contribution is -2.14. The zero-order chi connectivity index (χ0) is 14.4. The van der Waals surface area contributed by atoms with Gasteiger partial charge in [-0.1, -0.05) is 19.1 Å². The molecule has 0 amide bonds. The van der Waals surface area contributed by atoms with Gasteiger partial charge in [0, 0.05) is 32.1 Å². The van der Waals surface area contributed by atoms with E-state index in [0.717, 1.165) is 29.3 Å². The fraction of sp³-hybridized carbons (Fsp3) is 0.333. The Balaban J connectivity index is 2.44. The molecule has 1 N–H and O–H groups in total. The van der Waals surface area contributed by atoms with Gasteiger partial charge in [-0.3, -0.25) is 0 Å². The minimum absolute atomic E-state index is 0.685. The number of hydrogen-bond acceptors (Lipinski definition) is 4. The number of nitrogens with zero attached hydrogens (tertiary/aromatic N) is 3. The molecular weight excluding hydrogens is 252 g/mol. The van der Waals surface area contributed by atoms with Crippen molar-refractivity contribution in [3.63, 3.8) is 0 Å². The van der Waals surface area contributed by atoms with Crippen molar-refractivity contribution in [1.29, 1.82) is 0 Å². The highest BCUT2D eigenvalue weighted by atomic mass is 16.5. The first kappa shape index (κ1) is 14.1. The zero-order valence-corrected chi connectivity index (χ0v) is 12.1. The van der Waals surface area contributed by atoms with Gasteiger partial charge in [0.1, 0.15) is 11.5 Å². The summed E-state index contributed by atoms with van der Waals surface area (Å²) in [5.74, 6) is 1.55. The van der Waals surface area contributed by atoms with Crippen molar-refractivity contribution < 1.29 is 4.74 Å². The van der Waals surface area contributed by atoms with Gasteiger partial charge in [-0.15, -0.1) is 0 Å². The van der Waals surface area contributed by atoms with Crippen LogP contribution in [-0.4, -0.2) is 41.4 Å². The van der Waals surface area contributed by atoms with E-state index in [1.165, 1.54) is 0 Å². The molecule has 20 heavy (non-hydrogen) atoms. The van der Waals surface area contributed by atoms with Crippen molar-refractivity contribution in [2.75, 3.05) is 20.7 Å². The van der Waals surface area contributed by atoms with Crippen molar-refractivity contribution in [3.05, 3.63) is 48.0 Å². The molecule has 0 aliphatic carbocycles. The molecule has 1 aromatic carbocycles. The summed E-state index contributed by atoms with van der Waals surface area (Å²) in [6.07, 6.45) is 4.47. The zero-order valence-electron chi connectivity index (χ0n) is 12.1. The van der Waals surface area contributed by atoms with E-state index >= 15 is 0 Å². The number of nitrogens with one attached hydrogen (secondary N) is 1. The Kier molecular flexibility index (Phi) is 4.76. The molecule has 0 radical (unpaired) electrons. The summed E-state index contributed by atoms with van der Waals surface area (Å²) in [6.45, 7) is 2.77. The molecule has 5 nitrogen and oxygen atoms in total. The van der Waals surface area contributed by atoms with E-state index in [1.807, 2.05) is 38.4 Å². The summed E-state index contributed by atoms with van der Waals surface area (Å²) < 4.78 is 5.81. The molecule has 0 saturated carbocycles. The van der Waals surface area contributed by atoms with Crippen LogP contribution in [0.4, 0.5) is 0 Å². The third kappa shape index (κ3) is 3.38. The molecule has 0 aliphatic heterocycles. The fourth-order valence-corrected chi connectivity index (χ4v) is 1.82. The molecule has 0 unspecified atom stereocenters. The highest BCUT2D eigenvalue weighted by molar-refractivity contribution is 6.12. The molecule has 2 aromatic rings. The van der Waals surface area contributed by atoms with Crippen LogP contribution in [0.2, 0.25) is 0 Å². The molecule has 1 aromatic heterocycles. The molecule has 5 heteroatoms. The van der Waals surface area contributed by atoms with E-state index < -0.39 is 0 Å². The molecule has 0 aliphatic rings. The van der Waals surface area contributed by atoms with Crippen LogP contribution >= 0.6 is 0 Å². The summed E-state index contributed by atoms with van der Waals surface area (Å²) in [5, 5.41) is 6.29. The second-order valence-electron chi connectivity index (χ2n) is 4.58. The van der Waals surface area contributed by atoms with Crippen LogP contribution in [0.3, 0.4) is 0 Å². The highest BCUT2D eigenvalue weighted by Crippen LogP contribution is 2.21. The van der Waals surface area contributed by atoms with Crippen LogP contribution in [0.15, 0.2) is 41.8 Å². The SMILES string of the molecule is CCCOc1ccccc1/C(=N/N(C)C)c1ncc[nH]1. The van der Waals surface area contributed by atoms with Crippen molar-refractivity contribution in [1.82, 2.24) is 15.0 Å². The monoisotopic (exact) mass is 272 g/mol. The third-order valence-electron chi connectivity index (χ3n) is 2.63.